The fraction of sp³-hybridized carbons (Fsp3) is 0.182. The van der Waals surface area contributed by atoms with Gasteiger partial charge < -0.3 is 0 Å². The minimum atomic E-state index is -0.219. The SMILES string of the molecule is CCSc1nccn1-c1ccc(F)cc1. The van der Waals surface area contributed by atoms with E-state index in [4.69, 9.17) is 0 Å². The van der Waals surface area contributed by atoms with Crippen LogP contribution in [0.5, 0.6) is 0 Å². The van der Waals surface area contributed by atoms with Crippen LogP contribution in [0, 0.1) is 5.82 Å². The summed E-state index contributed by atoms with van der Waals surface area (Å²) in [6.07, 6.45) is 3.63. The maximum Gasteiger partial charge on any atom is 0.172 e. The lowest BCUT2D eigenvalue weighted by Gasteiger charge is -2.05. The molecule has 0 saturated heterocycles. The van der Waals surface area contributed by atoms with E-state index in [1.54, 1.807) is 30.1 Å². The summed E-state index contributed by atoms with van der Waals surface area (Å²) in [5.41, 5.74) is 0.935. The average molecular weight is 222 g/mol. The number of imidazole rings is 1. The maximum atomic E-state index is 12.7. The standard InChI is InChI=1S/C11H11FN2S/c1-2-15-11-13-7-8-14(11)10-5-3-9(12)4-6-10/h3-8H,2H2,1H3. The second-order valence-corrected chi connectivity index (χ2v) is 4.22. The van der Waals surface area contributed by atoms with Crippen LogP contribution in [0.1, 0.15) is 6.92 Å². The van der Waals surface area contributed by atoms with Gasteiger partial charge in [0.2, 0.25) is 0 Å². The van der Waals surface area contributed by atoms with Crippen LogP contribution < -0.4 is 0 Å². The van der Waals surface area contributed by atoms with Crippen molar-refractivity contribution in [2.24, 2.45) is 0 Å². The van der Waals surface area contributed by atoms with Gasteiger partial charge in [0, 0.05) is 18.1 Å². The van der Waals surface area contributed by atoms with Crippen LogP contribution in [0.3, 0.4) is 0 Å². The van der Waals surface area contributed by atoms with Crippen molar-refractivity contribution in [3.05, 3.63) is 42.5 Å². The second-order valence-electron chi connectivity index (χ2n) is 2.99. The Morgan fingerprint density at radius 1 is 1.33 bits per heavy atom. The van der Waals surface area contributed by atoms with Crippen LogP contribution in [0.25, 0.3) is 5.69 Å². The predicted octanol–water partition coefficient (Wildman–Crippen LogP) is 3.12. The third-order valence-corrected chi connectivity index (χ3v) is 2.83. The predicted molar refractivity (Wildman–Crippen MR) is 59.9 cm³/mol. The zero-order chi connectivity index (χ0) is 10.7. The minimum Gasteiger partial charge on any atom is -0.295 e. The van der Waals surface area contributed by atoms with E-state index in [9.17, 15) is 4.39 Å². The lowest BCUT2D eigenvalue weighted by atomic mass is 10.3. The van der Waals surface area contributed by atoms with E-state index < -0.39 is 0 Å². The number of halogens is 1. The lowest BCUT2D eigenvalue weighted by Crippen LogP contribution is -1.94. The fourth-order valence-corrected chi connectivity index (χ4v) is 2.02. The largest absolute Gasteiger partial charge is 0.295 e. The molecule has 0 aliphatic carbocycles. The highest BCUT2D eigenvalue weighted by molar-refractivity contribution is 7.99. The van der Waals surface area contributed by atoms with Gasteiger partial charge in [0.05, 0.1) is 0 Å². The van der Waals surface area contributed by atoms with Gasteiger partial charge in [-0.1, -0.05) is 18.7 Å². The molecule has 0 aliphatic rings. The zero-order valence-electron chi connectivity index (χ0n) is 8.35. The summed E-state index contributed by atoms with van der Waals surface area (Å²) in [7, 11) is 0. The van der Waals surface area contributed by atoms with Gasteiger partial charge in [0.1, 0.15) is 5.82 Å². The van der Waals surface area contributed by atoms with E-state index in [1.807, 2.05) is 10.8 Å². The van der Waals surface area contributed by atoms with Gasteiger partial charge >= 0.3 is 0 Å². The van der Waals surface area contributed by atoms with Gasteiger partial charge in [-0.25, -0.2) is 9.37 Å². The average Bonchev–Trinajstić information content (AvgIpc) is 2.68. The number of nitrogens with zero attached hydrogens (tertiary/aromatic N) is 2. The Morgan fingerprint density at radius 2 is 2.07 bits per heavy atom. The van der Waals surface area contributed by atoms with Crippen LogP contribution in [0.15, 0.2) is 41.8 Å². The number of rotatable bonds is 3. The van der Waals surface area contributed by atoms with Gasteiger partial charge in [-0.2, -0.15) is 0 Å². The Hall–Kier alpha value is -1.29. The van der Waals surface area contributed by atoms with Crippen molar-refractivity contribution >= 4 is 11.8 Å². The second kappa shape index (κ2) is 4.49. The van der Waals surface area contributed by atoms with Crippen LogP contribution in [-0.4, -0.2) is 15.3 Å². The molecular weight excluding hydrogens is 211 g/mol. The molecule has 1 aromatic carbocycles. The molecule has 0 fully saturated rings. The lowest BCUT2D eigenvalue weighted by molar-refractivity contribution is 0.627. The maximum absolute atomic E-state index is 12.7. The van der Waals surface area contributed by atoms with Crippen molar-refractivity contribution in [3.8, 4) is 5.69 Å². The van der Waals surface area contributed by atoms with E-state index in [-0.39, 0.29) is 5.82 Å². The Labute approximate surface area is 92.1 Å². The van der Waals surface area contributed by atoms with E-state index in [0.29, 0.717) is 0 Å². The smallest absolute Gasteiger partial charge is 0.172 e. The Balaban J connectivity index is 2.36. The monoisotopic (exact) mass is 222 g/mol. The van der Waals surface area contributed by atoms with Gasteiger partial charge in [0.25, 0.3) is 0 Å². The molecule has 15 heavy (non-hydrogen) atoms. The Morgan fingerprint density at radius 3 is 2.73 bits per heavy atom. The normalized spacial score (nSPS) is 10.5. The summed E-state index contributed by atoms with van der Waals surface area (Å²) in [6, 6.07) is 6.40. The molecule has 0 spiro atoms. The molecule has 0 saturated carbocycles. The molecule has 0 radical (unpaired) electrons. The van der Waals surface area contributed by atoms with E-state index in [2.05, 4.69) is 11.9 Å². The van der Waals surface area contributed by atoms with Crippen molar-refractivity contribution in [2.45, 2.75) is 12.1 Å². The molecule has 1 heterocycles. The molecule has 2 rings (SSSR count). The molecule has 0 atom stereocenters. The number of thioether (sulfide) groups is 1. The van der Waals surface area contributed by atoms with Crippen molar-refractivity contribution in [1.82, 2.24) is 9.55 Å². The summed E-state index contributed by atoms with van der Waals surface area (Å²) in [4.78, 5) is 4.24. The van der Waals surface area contributed by atoms with Crippen LogP contribution >= 0.6 is 11.8 Å². The highest BCUT2D eigenvalue weighted by atomic mass is 32.2. The summed E-state index contributed by atoms with van der Waals surface area (Å²) >= 11 is 1.67. The molecule has 78 valence electrons. The fourth-order valence-electron chi connectivity index (χ4n) is 1.32. The number of benzene rings is 1. The van der Waals surface area contributed by atoms with Crippen molar-refractivity contribution in [1.29, 1.82) is 0 Å². The summed E-state index contributed by atoms with van der Waals surface area (Å²) in [6.45, 7) is 2.08. The molecule has 0 N–H and O–H groups in total. The topological polar surface area (TPSA) is 17.8 Å². The molecule has 0 bridgehead atoms. The number of hydrogen-bond donors (Lipinski definition) is 0. The van der Waals surface area contributed by atoms with Gasteiger partial charge in [-0.05, 0) is 30.0 Å². The highest BCUT2D eigenvalue weighted by Crippen LogP contribution is 2.19. The van der Waals surface area contributed by atoms with Crippen molar-refractivity contribution < 1.29 is 4.39 Å². The third-order valence-electron chi connectivity index (χ3n) is 1.99. The first-order chi connectivity index (χ1) is 7.31. The summed E-state index contributed by atoms with van der Waals surface area (Å²) in [5, 5.41) is 0.934. The first kappa shape index (κ1) is 10.2. The van der Waals surface area contributed by atoms with Gasteiger partial charge in [-0.3, -0.25) is 4.57 Å². The van der Waals surface area contributed by atoms with Crippen molar-refractivity contribution in [2.75, 3.05) is 5.75 Å². The quantitative estimate of drug-likeness (QED) is 0.742. The molecule has 2 nitrogen and oxygen atoms in total. The molecule has 2 aromatic rings. The van der Waals surface area contributed by atoms with Crippen LogP contribution in [-0.2, 0) is 0 Å². The molecule has 0 unspecified atom stereocenters. The minimum absolute atomic E-state index is 0.219. The highest BCUT2D eigenvalue weighted by Gasteiger charge is 2.04. The summed E-state index contributed by atoms with van der Waals surface area (Å²) < 4.78 is 14.7. The van der Waals surface area contributed by atoms with Gasteiger partial charge in [0.15, 0.2) is 5.16 Å². The van der Waals surface area contributed by atoms with Crippen LogP contribution in [0.4, 0.5) is 4.39 Å². The molecule has 4 heteroatoms. The molecule has 0 amide bonds. The van der Waals surface area contributed by atoms with E-state index in [0.717, 1.165) is 16.6 Å². The Bertz CT molecular complexity index is 436. The zero-order valence-corrected chi connectivity index (χ0v) is 9.17. The van der Waals surface area contributed by atoms with E-state index in [1.165, 1.54) is 12.1 Å². The third kappa shape index (κ3) is 2.21. The summed E-state index contributed by atoms with van der Waals surface area (Å²) in [5.74, 6) is 0.752. The van der Waals surface area contributed by atoms with E-state index >= 15 is 0 Å². The molecular formula is C11H11FN2S. The molecule has 1 aromatic heterocycles. The van der Waals surface area contributed by atoms with Gasteiger partial charge in [-0.15, -0.1) is 0 Å². The first-order valence-electron chi connectivity index (χ1n) is 4.73. The number of hydrogen-bond acceptors (Lipinski definition) is 2. The Kier molecular flexibility index (Phi) is 3.06. The number of aromatic nitrogens is 2. The van der Waals surface area contributed by atoms with Crippen molar-refractivity contribution in [3.63, 3.8) is 0 Å². The molecule has 0 aliphatic heterocycles. The first-order valence-corrected chi connectivity index (χ1v) is 5.72. The van der Waals surface area contributed by atoms with Crippen LogP contribution in [0.2, 0.25) is 0 Å².